The fourth-order valence-electron chi connectivity index (χ4n) is 2.91. The number of rotatable bonds is 2. The highest BCUT2D eigenvalue weighted by Crippen LogP contribution is 2.38. The van der Waals surface area contributed by atoms with E-state index in [4.69, 9.17) is 23.8 Å². The van der Waals surface area contributed by atoms with Crippen LogP contribution in [0.3, 0.4) is 0 Å². The van der Waals surface area contributed by atoms with Gasteiger partial charge in [0.2, 0.25) is 0 Å². The van der Waals surface area contributed by atoms with Crippen LogP contribution >= 0.6 is 35.6 Å². The monoisotopic (exact) mass is 355 g/mol. The van der Waals surface area contributed by atoms with Crippen molar-refractivity contribution in [2.75, 3.05) is 0 Å². The Balaban J connectivity index is 1.89. The van der Waals surface area contributed by atoms with Gasteiger partial charge in [-0.2, -0.15) is 0 Å². The van der Waals surface area contributed by atoms with Crippen LogP contribution in [0.15, 0.2) is 23.1 Å². The van der Waals surface area contributed by atoms with E-state index in [0.717, 1.165) is 25.7 Å². The molecule has 0 radical (unpaired) electrons. The lowest BCUT2D eigenvalue weighted by Gasteiger charge is -2.29. The molecule has 3 rings (SSSR count). The Hall–Kier alpha value is -0.910. The van der Waals surface area contributed by atoms with Gasteiger partial charge in [-0.1, -0.05) is 60.9 Å². The van der Waals surface area contributed by atoms with Crippen LogP contribution < -0.4 is 0 Å². The minimum atomic E-state index is -0.435. The second-order valence-electron chi connectivity index (χ2n) is 5.48. The Morgan fingerprint density at radius 1 is 1.32 bits per heavy atom. The van der Waals surface area contributed by atoms with E-state index in [0.29, 0.717) is 14.2 Å². The van der Waals surface area contributed by atoms with Crippen molar-refractivity contribution in [1.82, 2.24) is 4.90 Å². The van der Waals surface area contributed by atoms with Crippen molar-refractivity contribution in [3.05, 3.63) is 39.5 Å². The molecule has 1 saturated carbocycles. The first-order valence-electron chi connectivity index (χ1n) is 7.29. The summed E-state index contributed by atoms with van der Waals surface area (Å²) >= 11 is 12.6. The molecule has 1 aliphatic carbocycles. The minimum absolute atomic E-state index is 0.124. The zero-order valence-corrected chi connectivity index (χ0v) is 14.2. The quantitative estimate of drug-likeness (QED) is 0.549. The van der Waals surface area contributed by atoms with Crippen molar-refractivity contribution in [3.63, 3.8) is 0 Å². The van der Waals surface area contributed by atoms with Crippen molar-refractivity contribution in [2.24, 2.45) is 0 Å². The molecule has 1 aromatic carbocycles. The molecule has 6 heteroatoms. The summed E-state index contributed by atoms with van der Waals surface area (Å²) in [6, 6.07) is 4.67. The molecule has 0 N–H and O–H groups in total. The molecule has 1 aromatic rings. The van der Waals surface area contributed by atoms with Gasteiger partial charge in [0, 0.05) is 11.6 Å². The van der Waals surface area contributed by atoms with Gasteiger partial charge in [-0.3, -0.25) is 9.69 Å². The maximum absolute atomic E-state index is 13.9. The Morgan fingerprint density at radius 2 is 2.05 bits per heavy atom. The molecule has 0 aromatic heterocycles. The summed E-state index contributed by atoms with van der Waals surface area (Å²) in [7, 11) is 0. The number of carbonyl (C=O) groups is 1. The first-order valence-corrected chi connectivity index (χ1v) is 8.89. The standard InChI is InChI=1S/C16H15ClFNOS2/c17-12-7-4-8-13(18)11(12)9-14-15(20)19(16(21)22-14)10-5-2-1-3-6-10/h4,7-10H,1-3,5-6H2/b14-9-. The predicted octanol–water partition coefficient (Wildman–Crippen LogP) is 5.01. The summed E-state index contributed by atoms with van der Waals surface area (Å²) in [6.45, 7) is 0. The number of hydrogen-bond donors (Lipinski definition) is 0. The molecular formula is C16H15ClFNOS2. The highest BCUT2D eigenvalue weighted by Gasteiger charge is 2.37. The minimum Gasteiger partial charge on any atom is -0.290 e. The molecule has 1 heterocycles. The highest BCUT2D eigenvalue weighted by atomic mass is 35.5. The van der Waals surface area contributed by atoms with Crippen molar-refractivity contribution < 1.29 is 9.18 Å². The number of carbonyl (C=O) groups excluding carboxylic acids is 1. The average Bonchev–Trinajstić information content (AvgIpc) is 2.78. The van der Waals surface area contributed by atoms with Gasteiger partial charge in [-0.25, -0.2) is 4.39 Å². The van der Waals surface area contributed by atoms with Crippen LogP contribution in [0.1, 0.15) is 37.7 Å². The van der Waals surface area contributed by atoms with Crippen molar-refractivity contribution >= 4 is 51.9 Å². The molecule has 2 nitrogen and oxygen atoms in total. The van der Waals surface area contributed by atoms with Crippen molar-refractivity contribution in [2.45, 2.75) is 38.1 Å². The number of benzene rings is 1. The molecule has 2 fully saturated rings. The zero-order valence-electron chi connectivity index (χ0n) is 11.9. The summed E-state index contributed by atoms with van der Waals surface area (Å²) in [5, 5.41) is 0.294. The lowest BCUT2D eigenvalue weighted by Crippen LogP contribution is -2.39. The smallest absolute Gasteiger partial charge is 0.266 e. The van der Waals surface area contributed by atoms with Gasteiger partial charge >= 0.3 is 0 Å². The van der Waals surface area contributed by atoms with E-state index in [1.807, 2.05) is 0 Å². The molecule has 1 amide bonds. The molecule has 22 heavy (non-hydrogen) atoms. The van der Waals surface area contributed by atoms with Crippen molar-refractivity contribution in [3.8, 4) is 0 Å². The second-order valence-corrected chi connectivity index (χ2v) is 7.56. The van der Waals surface area contributed by atoms with Crippen LogP contribution in [-0.2, 0) is 4.79 Å². The number of thioether (sulfide) groups is 1. The van der Waals surface area contributed by atoms with E-state index in [1.54, 1.807) is 17.0 Å². The molecule has 2 aliphatic rings. The second kappa shape index (κ2) is 6.69. The topological polar surface area (TPSA) is 20.3 Å². The van der Waals surface area contributed by atoms with Crippen LogP contribution in [0.2, 0.25) is 5.02 Å². The van der Waals surface area contributed by atoms with Gasteiger partial charge in [0.25, 0.3) is 5.91 Å². The van der Waals surface area contributed by atoms with Gasteiger partial charge in [0.1, 0.15) is 10.1 Å². The van der Waals surface area contributed by atoms with Gasteiger partial charge in [0.15, 0.2) is 0 Å². The summed E-state index contributed by atoms with van der Waals surface area (Å²) in [4.78, 5) is 14.8. The van der Waals surface area contributed by atoms with E-state index in [2.05, 4.69) is 0 Å². The number of halogens is 2. The lowest BCUT2D eigenvalue weighted by molar-refractivity contribution is -0.124. The normalized spacial score (nSPS) is 21.9. The molecule has 0 unspecified atom stereocenters. The van der Waals surface area contributed by atoms with Crippen LogP contribution in [0.4, 0.5) is 4.39 Å². The first-order chi connectivity index (χ1) is 10.6. The Morgan fingerprint density at radius 3 is 2.73 bits per heavy atom. The third-order valence-corrected chi connectivity index (χ3v) is 5.70. The van der Waals surface area contributed by atoms with E-state index in [9.17, 15) is 9.18 Å². The zero-order chi connectivity index (χ0) is 15.7. The van der Waals surface area contributed by atoms with Crippen LogP contribution in [-0.4, -0.2) is 21.2 Å². The molecule has 1 aliphatic heterocycles. The molecule has 0 spiro atoms. The number of thiocarbonyl (C=S) groups is 1. The van der Waals surface area contributed by atoms with E-state index < -0.39 is 5.82 Å². The predicted molar refractivity (Wildman–Crippen MR) is 93.3 cm³/mol. The SMILES string of the molecule is O=C1/C(=C/c2c(F)cccc2Cl)SC(=S)N1C1CCCCC1. The third kappa shape index (κ3) is 3.07. The van der Waals surface area contributed by atoms with Gasteiger partial charge in [0.05, 0.1) is 9.93 Å². The summed E-state index contributed by atoms with van der Waals surface area (Å²) < 4.78 is 14.4. The summed E-state index contributed by atoms with van der Waals surface area (Å²) in [5.74, 6) is -0.559. The summed E-state index contributed by atoms with van der Waals surface area (Å²) in [5.41, 5.74) is 0.244. The Labute approximate surface area is 143 Å². The highest BCUT2D eigenvalue weighted by molar-refractivity contribution is 8.26. The Kier molecular flexibility index (Phi) is 4.85. The van der Waals surface area contributed by atoms with Gasteiger partial charge in [-0.15, -0.1) is 0 Å². The number of amides is 1. The molecule has 0 bridgehead atoms. The lowest BCUT2D eigenvalue weighted by atomic mass is 9.94. The number of nitrogens with zero attached hydrogens (tertiary/aromatic N) is 1. The maximum atomic E-state index is 13.9. The van der Waals surface area contributed by atoms with E-state index in [1.165, 1.54) is 30.3 Å². The van der Waals surface area contributed by atoms with Crippen LogP contribution in [0, 0.1) is 5.82 Å². The van der Waals surface area contributed by atoms with Gasteiger partial charge in [-0.05, 0) is 31.1 Å². The average molecular weight is 356 g/mol. The fourth-order valence-corrected chi connectivity index (χ4v) is 4.51. The fraction of sp³-hybridized carbons (Fsp3) is 0.375. The summed E-state index contributed by atoms with van der Waals surface area (Å²) in [6.07, 6.45) is 6.95. The van der Waals surface area contributed by atoms with E-state index in [-0.39, 0.29) is 17.5 Å². The Bertz CT molecular complexity index is 635. The first kappa shape index (κ1) is 16.0. The molecule has 1 saturated heterocycles. The van der Waals surface area contributed by atoms with E-state index >= 15 is 0 Å². The van der Waals surface area contributed by atoms with Gasteiger partial charge < -0.3 is 0 Å². The van der Waals surface area contributed by atoms with Crippen LogP contribution in [0.25, 0.3) is 6.08 Å². The molecule has 116 valence electrons. The maximum Gasteiger partial charge on any atom is 0.266 e. The van der Waals surface area contributed by atoms with Crippen LogP contribution in [0.5, 0.6) is 0 Å². The van der Waals surface area contributed by atoms with Crippen molar-refractivity contribution in [1.29, 1.82) is 0 Å². The largest absolute Gasteiger partial charge is 0.290 e. The molecular weight excluding hydrogens is 341 g/mol. The third-order valence-electron chi connectivity index (χ3n) is 4.04. The molecule has 0 atom stereocenters. The number of hydrogen-bond acceptors (Lipinski definition) is 3.